The lowest BCUT2D eigenvalue weighted by Crippen LogP contribution is -2.36. The highest BCUT2D eigenvalue weighted by Gasteiger charge is 2.44. The Kier molecular flexibility index (Phi) is 9.45. The van der Waals surface area contributed by atoms with Crippen molar-refractivity contribution in [2.24, 2.45) is 11.3 Å². The van der Waals surface area contributed by atoms with Gasteiger partial charge in [-0.1, -0.05) is 63.3 Å². The van der Waals surface area contributed by atoms with Crippen LogP contribution < -0.4 is 0 Å². The third kappa shape index (κ3) is 5.87. The molecule has 5 atom stereocenters. The summed E-state index contributed by atoms with van der Waals surface area (Å²) in [7, 11) is 1.43. The fourth-order valence-corrected chi connectivity index (χ4v) is 6.54. The summed E-state index contributed by atoms with van der Waals surface area (Å²) in [4.78, 5) is 11.2. The highest BCUT2D eigenvalue weighted by molar-refractivity contribution is 6.21. The second-order valence-corrected chi connectivity index (χ2v) is 10.6. The van der Waals surface area contributed by atoms with Crippen molar-refractivity contribution in [2.45, 2.75) is 107 Å². The second-order valence-electron chi connectivity index (χ2n) is 10.1. The van der Waals surface area contributed by atoms with Crippen LogP contribution in [0.4, 0.5) is 0 Å². The van der Waals surface area contributed by atoms with Gasteiger partial charge in [0.05, 0.1) is 19.3 Å². The highest BCUT2D eigenvalue weighted by atomic mass is 35.5. The molecule has 2 fully saturated rings. The van der Waals surface area contributed by atoms with Crippen molar-refractivity contribution in [2.75, 3.05) is 7.11 Å². The zero-order chi connectivity index (χ0) is 23.1. The molecule has 0 amide bonds. The molecular formula is C27H41ClO4. The number of esters is 1. The van der Waals surface area contributed by atoms with Gasteiger partial charge < -0.3 is 14.9 Å². The summed E-state index contributed by atoms with van der Waals surface area (Å²) in [5.74, 6) is 0.102. The lowest BCUT2D eigenvalue weighted by Gasteiger charge is -2.46. The maximum Gasteiger partial charge on any atom is 0.305 e. The molecule has 4 nitrogen and oxygen atoms in total. The third-order valence-corrected chi connectivity index (χ3v) is 8.49. The zero-order valence-electron chi connectivity index (χ0n) is 19.8. The Labute approximate surface area is 198 Å². The minimum Gasteiger partial charge on any atom is -0.469 e. The van der Waals surface area contributed by atoms with Crippen molar-refractivity contribution >= 4 is 17.6 Å². The Bertz CT molecular complexity index is 732. The number of aliphatic hydroxyl groups excluding tert-OH is 2. The van der Waals surface area contributed by atoms with Gasteiger partial charge in [0.2, 0.25) is 0 Å². The van der Waals surface area contributed by atoms with Gasteiger partial charge in [-0.2, -0.15) is 0 Å². The maximum absolute atomic E-state index is 11.2. The molecule has 1 aromatic carbocycles. The lowest BCUT2D eigenvalue weighted by atomic mass is 9.61. The van der Waals surface area contributed by atoms with Crippen LogP contribution in [0.1, 0.15) is 107 Å². The summed E-state index contributed by atoms with van der Waals surface area (Å²) in [5.41, 5.74) is 2.13. The standard InChI is InChI=1S/C27H41ClO4/c1-3-14-27(15-9-16-27)26(31)20-11-8-10-19(17-20)25-21(22(28)18-23(25)29)12-6-4-5-7-13-24(30)32-2/h8,10-11,17,21-23,25-26,29,31H,3-7,9,12-16,18H2,1-2H3/t21-,22-,23+,25+,26?/m0/s1. The fourth-order valence-electron chi connectivity index (χ4n) is 6.08. The van der Waals surface area contributed by atoms with Crippen molar-refractivity contribution in [3.05, 3.63) is 35.4 Å². The number of halogens is 1. The predicted molar refractivity (Wildman–Crippen MR) is 129 cm³/mol. The predicted octanol–water partition coefficient (Wildman–Crippen LogP) is 6.28. The first-order chi connectivity index (χ1) is 15.4. The molecule has 2 aliphatic rings. The van der Waals surface area contributed by atoms with E-state index in [0.29, 0.717) is 12.8 Å². The van der Waals surface area contributed by atoms with Gasteiger partial charge in [0.25, 0.3) is 0 Å². The average molecular weight is 465 g/mol. The molecule has 0 saturated heterocycles. The summed E-state index contributed by atoms with van der Waals surface area (Å²) >= 11 is 6.70. The van der Waals surface area contributed by atoms with Crippen LogP contribution in [0.5, 0.6) is 0 Å². The lowest BCUT2D eigenvalue weighted by molar-refractivity contribution is -0.140. The molecule has 1 aromatic rings. The summed E-state index contributed by atoms with van der Waals surface area (Å²) in [5, 5.41) is 22.0. The Morgan fingerprint density at radius 1 is 1.25 bits per heavy atom. The van der Waals surface area contributed by atoms with Gasteiger partial charge in [0, 0.05) is 23.1 Å². The van der Waals surface area contributed by atoms with E-state index in [0.717, 1.165) is 68.9 Å². The molecule has 5 heteroatoms. The van der Waals surface area contributed by atoms with Crippen molar-refractivity contribution in [1.29, 1.82) is 0 Å². The van der Waals surface area contributed by atoms with E-state index in [1.54, 1.807) is 0 Å². The van der Waals surface area contributed by atoms with Gasteiger partial charge in [-0.3, -0.25) is 4.79 Å². The first-order valence-corrected chi connectivity index (χ1v) is 13.0. The molecule has 0 heterocycles. The van der Waals surface area contributed by atoms with Crippen molar-refractivity contribution in [3.63, 3.8) is 0 Å². The van der Waals surface area contributed by atoms with E-state index in [1.165, 1.54) is 13.5 Å². The van der Waals surface area contributed by atoms with E-state index in [4.69, 9.17) is 16.3 Å². The smallest absolute Gasteiger partial charge is 0.305 e. The molecule has 2 N–H and O–H groups in total. The number of carbonyl (C=O) groups is 1. The van der Waals surface area contributed by atoms with E-state index < -0.39 is 12.2 Å². The van der Waals surface area contributed by atoms with Gasteiger partial charge in [-0.05, 0) is 55.6 Å². The van der Waals surface area contributed by atoms with Crippen molar-refractivity contribution < 1.29 is 19.7 Å². The molecule has 0 bridgehead atoms. The van der Waals surface area contributed by atoms with Gasteiger partial charge in [0.15, 0.2) is 0 Å². The van der Waals surface area contributed by atoms with Crippen LogP contribution in [0.2, 0.25) is 0 Å². The molecule has 2 aliphatic carbocycles. The number of ether oxygens (including phenoxy) is 1. The molecular weight excluding hydrogens is 424 g/mol. The van der Waals surface area contributed by atoms with Crippen LogP contribution in [0, 0.1) is 11.3 Å². The Morgan fingerprint density at radius 2 is 2.00 bits per heavy atom. The highest BCUT2D eigenvalue weighted by Crippen LogP contribution is 2.54. The number of hydrogen-bond acceptors (Lipinski definition) is 4. The first kappa shape index (κ1) is 25.5. The average Bonchev–Trinajstić information content (AvgIpc) is 3.05. The first-order valence-electron chi connectivity index (χ1n) is 12.6. The molecule has 0 radical (unpaired) electrons. The van der Waals surface area contributed by atoms with Crippen LogP contribution >= 0.6 is 11.6 Å². The Balaban J connectivity index is 1.63. The summed E-state index contributed by atoms with van der Waals surface area (Å²) in [6.45, 7) is 2.19. The molecule has 2 saturated carbocycles. The van der Waals surface area contributed by atoms with Gasteiger partial charge in [-0.15, -0.1) is 11.6 Å². The largest absolute Gasteiger partial charge is 0.469 e. The molecule has 0 spiro atoms. The molecule has 1 unspecified atom stereocenters. The van der Waals surface area contributed by atoms with E-state index in [9.17, 15) is 15.0 Å². The number of methoxy groups -OCH3 is 1. The summed E-state index contributed by atoms with van der Waals surface area (Å²) in [6.07, 6.45) is 10.7. The molecule has 0 aliphatic heterocycles. The summed E-state index contributed by atoms with van der Waals surface area (Å²) in [6, 6.07) is 8.30. The molecule has 180 valence electrons. The monoisotopic (exact) mass is 464 g/mol. The van der Waals surface area contributed by atoms with Gasteiger partial charge in [0.1, 0.15) is 0 Å². The number of unbranched alkanes of at least 4 members (excludes halogenated alkanes) is 3. The van der Waals surface area contributed by atoms with Gasteiger partial charge in [-0.25, -0.2) is 0 Å². The van der Waals surface area contributed by atoms with Crippen LogP contribution in [-0.4, -0.2) is 34.8 Å². The summed E-state index contributed by atoms with van der Waals surface area (Å²) < 4.78 is 4.70. The van der Waals surface area contributed by atoms with Gasteiger partial charge >= 0.3 is 5.97 Å². The van der Waals surface area contributed by atoms with Crippen LogP contribution in [0.25, 0.3) is 0 Å². The van der Waals surface area contributed by atoms with Crippen LogP contribution in [0.3, 0.4) is 0 Å². The van der Waals surface area contributed by atoms with E-state index in [1.807, 2.05) is 12.1 Å². The maximum atomic E-state index is 11.2. The zero-order valence-corrected chi connectivity index (χ0v) is 20.5. The normalized spacial score (nSPS) is 27.7. The fraction of sp³-hybridized carbons (Fsp3) is 0.741. The number of aliphatic hydroxyl groups is 2. The Hall–Kier alpha value is -1.10. The van der Waals surface area contributed by atoms with Crippen LogP contribution in [-0.2, 0) is 9.53 Å². The SMILES string of the molecule is CCCC1(C(O)c2cccc([C@@H]3[C@@H](CCCCCCC(=O)OC)[C@@H](Cl)C[C@H]3O)c2)CCC1. The Morgan fingerprint density at radius 3 is 2.66 bits per heavy atom. The van der Waals surface area contributed by atoms with E-state index >= 15 is 0 Å². The molecule has 0 aromatic heterocycles. The minimum atomic E-state index is -0.442. The van der Waals surface area contributed by atoms with E-state index in [2.05, 4.69) is 19.1 Å². The number of carbonyl (C=O) groups excluding carboxylic acids is 1. The van der Waals surface area contributed by atoms with Crippen molar-refractivity contribution in [1.82, 2.24) is 0 Å². The number of alkyl halides is 1. The van der Waals surface area contributed by atoms with E-state index in [-0.39, 0.29) is 28.6 Å². The quantitative estimate of drug-likeness (QED) is 0.217. The number of benzene rings is 1. The molecule has 32 heavy (non-hydrogen) atoms. The van der Waals surface area contributed by atoms with Crippen LogP contribution in [0.15, 0.2) is 24.3 Å². The number of hydrogen-bond donors (Lipinski definition) is 2. The minimum absolute atomic E-state index is 0.0169. The third-order valence-electron chi connectivity index (χ3n) is 7.99. The number of rotatable bonds is 12. The topological polar surface area (TPSA) is 66.8 Å². The second kappa shape index (κ2) is 11.9. The van der Waals surface area contributed by atoms with Crippen molar-refractivity contribution in [3.8, 4) is 0 Å². The molecule has 3 rings (SSSR count).